The lowest BCUT2D eigenvalue weighted by Crippen LogP contribution is -2.29. The quantitative estimate of drug-likeness (QED) is 0.509. The van der Waals surface area contributed by atoms with Crippen LogP contribution in [0.15, 0.2) is 24.0 Å². The molecule has 1 atom stereocenters. The van der Waals surface area contributed by atoms with Crippen LogP contribution in [0.4, 0.5) is 13.2 Å². The van der Waals surface area contributed by atoms with E-state index in [1.54, 1.807) is 0 Å². The van der Waals surface area contributed by atoms with E-state index in [1.165, 1.54) is 31.3 Å². The zero-order chi connectivity index (χ0) is 18.5. The van der Waals surface area contributed by atoms with Gasteiger partial charge in [0.15, 0.2) is 17.5 Å². The number of aryl methyl sites for hydroxylation is 1. The van der Waals surface area contributed by atoms with E-state index in [9.17, 15) is 13.2 Å². The van der Waals surface area contributed by atoms with Crippen LogP contribution in [0.1, 0.15) is 70.3 Å². The Bertz CT molecular complexity index is 609. The fourth-order valence-electron chi connectivity index (χ4n) is 4.46. The van der Waals surface area contributed by atoms with Crippen molar-refractivity contribution in [3.05, 3.63) is 47.0 Å². The summed E-state index contributed by atoms with van der Waals surface area (Å²) in [6, 6.07) is 2.25. The first-order chi connectivity index (χ1) is 12.6. The highest BCUT2D eigenvalue weighted by Gasteiger charge is 2.29. The molecule has 1 aromatic carbocycles. The molecular weight excluding hydrogens is 337 g/mol. The van der Waals surface area contributed by atoms with Crippen molar-refractivity contribution >= 4 is 0 Å². The van der Waals surface area contributed by atoms with Crippen LogP contribution >= 0.6 is 0 Å². The third kappa shape index (κ3) is 4.83. The normalized spacial score (nSPS) is 26.3. The van der Waals surface area contributed by atoms with Crippen molar-refractivity contribution in [2.75, 3.05) is 0 Å². The molecule has 1 unspecified atom stereocenters. The second kappa shape index (κ2) is 8.96. The summed E-state index contributed by atoms with van der Waals surface area (Å²) in [4.78, 5) is 0. The lowest BCUT2D eigenvalue weighted by molar-refractivity contribution is 0.0389. The molecule has 0 saturated heterocycles. The van der Waals surface area contributed by atoms with Crippen LogP contribution in [0.5, 0.6) is 0 Å². The van der Waals surface area contributed by atoms with Crippen molar-refractivity contribution in [3.8, 4) is 0 Å². The van der Waals surface area contributed by atoms with Crippen LogP contribution in [-0.2, 0) is 11.2 Å². The van der Waals surface area contributed by atoms with Crippen molar-refractivity contribution in [3.63, 3.8) is 0 Å². The van der Waals surface area contributed by atoms with Gasteiger partial charge in [0.05, 0.1) is 6.26 Å². The van der Waals surface area contributed by atoms with Gasteiger partial charge in [0.2, 0.25) is 0 Å². The molecule has 0 N–H and O–H groups in total. The Morgan fingerprint density at radius 1 is 0.962 bits per heavy atom. The van der Waals surface area contributed by atoms with Gasteiger partial charge in [-0.05, 0) is 80.1 Å². The summed E-state index contributed by atoms with van der Waals surface area (Å²) in [5.74, 6) is -2.34. The van der Waals surface area contributed by atoms with Gasteiger partial charge in [-0.2, -0.15) is 0 Å². The maximum atomic E-state index is 13.3. The first-order valence-corrected chi connectivity index (χ1v) is 10.0. The van der Waals surface area contributed by atoms with Gasteiger partial charge in [-0.15, -0.1) is 0 Å². The number of hydrogen-bond donors (Lipinski definition) is 0. The summed E-state index contributed by atoms with van der Waals surface area (Å²) in [7, 11) is 0. The van der Waals surface area contributed by atoms with Gasteiger partial charge < -0.3 is 4.74 Å². The highest BCUT2D eigenvalue weighted by molar-refractivity contribution is 5.19. The Balaban J connectivity index is 1.43. The fourth-order valence-corrected chi connectivity index (χ4v) is 4.46. The maximum absolute atomic E-state index is 13.3. The molecule has 0 aromatic heterocycles. The van der Waals surface area contributed by atoms with Crippen molar-refractivity contribution in [1.29, 1.82) is 0 Å². The lowest BCUT2D eigenvalue weighted by Gasteiger charge is -2.35. The van der Waals surface area contributed by atoms with Crippen LogP contribution in [0.25, 0.3) is 0 Å². The largest absolute Gasteiger partial charge is 0.498 e. The minimum atomic E-state index is -1.38. The fraction of sp³-hybridized carbons (Fsp3) is 0.636. The molecule has 1 nitrogen and oxygen atoms in total. The smallest absolute Gasteiger partial charge is 0.194 e. The molecule has 26 heavy (non-hydrogen) atoms. The molecule has 4 heteroatoms. The van der Waals surface area contributed by atoms with Gasteiger partial charge in [-0.3, -0.25) is 0 Å². The minimum absolute atomic E-state index is 0.358. The van der Waals surface area contributed by atoms with Crippen molar-refractivity contribution in [2.45, 2.75) is 77.2 Å². The highest BCUT2D eigenvalue weighted by Crippen LogP contribution is 2.37. The number of halogens is 3. The van der Waals surface area contributed by atoms with E-state index in [0.29, 0.717) is 29.9 Å². The number of ether oxygens (including phenoxy) is 1. The van der Waals surface area contributed by atoms with E-state index in [0.717, 1.165) is 44.2 Å². The van der Waals surface area contributed by atoms with E-state index in [1.807, 2.05) is 6.26 Å². The predicted molar refractivity (Wildman–Crippen MR) is 97.2 cm³/mol. The molecule has 0 spiro atoms. The summed E-state index contributed by atoms with van der Waals surface area (Å²) in [5.41, 5.74) is 1.99. The Hall–Kier alpha value is -1.45. The molecule has 144 valence electrons. The molecule has 1 aliphatic heterocycles. The second-order valence-corrected chi connectivity index (χ2v) is 7.93. The maximum Gasteiger partial charge on any atom is 0.194 e. The van der Waals surface area contributed by atoms with Gasteiger partial charge in [0, 0.05) is 0 Å². The molecule has 1 aromatic rings. The van der Waals surface area contributed by atoms with E-state index < -0.39 is 17.5 Å². The van der Waals surface area contributed by atoms with Crippen molar-refractivity contribution in [1.82, 2.24) is 0 Å². The topological polar surface area (TPSA) is 9.23 Å². The summed E-state index contributed by atoms with van der Waals surface area (Å²) in [5, 5.41) is 0. The van der Waals surface area contributed by atoms with E-state index in [2.05, 4.69) is 6.92 Å². The molecule has 0 radical (unpaired) electrons. The summed E-state index contributed by atoms with van der Waals surface area (Å²) < 4.78 is 45.6. The Kier molecular flexibility index (Phi) is 6.66. The summed E-state index contributed by atoms with van der Waals surface area (Å²) in [6.45, 7) is 2.20. The molecule has 1 aliphatic carbocycles. The number of allylic oxidation sites excluding steroid dienone is 1. The van der Waals surface area contributed by atoms with Crippen LogP contribution in [0, 0.1) is 29.3 Å². The molecule has 3 rings (SSSR count). The standard InChI is InChI=1S/C22H29F3O/c1-2-3-16-8-11-21(26-14-16)18-9-6-15(7-10-18)4-5-17-12-19(23)22(25)20(24)13-17/h12-15,18,21H,2-11H2,1H3. The van der Waals surface area contributed by atoms with Gasteiger partial charge >= 0.3 is 0 Å². The van der Waals surface area contributed by atoms with E-state index in [-0.39, 0.29) is 0 Å². The molecule has 1 heterocycles. The third-order valence-electron chi connectivity index (χ3n) is 6.03. The average molecular weight is 366 g/mol. The van der Waals surface area contributed by atoms with Gasteiger partial charge in [0.25, 0.3) is 0 Å². The number of rotatable bonds is 6. The first-order valence-electron chi connectivity index (χ1n) is 10.0. The second-order valence-electron chi connectivity index (χ2n) is 7.93. The van der Waals surface area contributed by atoms with E-state index in [4.69, 9.17) is 4.74 Å². The molecule has 2 aliphatic rings. The Labute approximate surface area is 154 Å². The Morgan fingerprint density at radius 2 is 1.65 bits per heavy atom. The average Bonchev–Trinajstić information content (AvgIpc) is 2.66. The molecule has 0 bridgehead atoms. The third-order valence-corrected chi connectivity index (χ3v) is 6.03. The molecule has 1 saturated carbocycles. The van der Waals surface area contributed by atoms with Gasteiger partial charge in [-0.1, -0.05) is 26.2 Å². The van der Waals surface area contributed by atoms with Crippen LogP contribution in [-0.4, -0.2) is 6.10 Å². The minimum Gasteiger partial charge on any atom is -0.498 e. The summed E-state index contributed by atoms with van der Waals surface area (Å²) >= 11 is 0. The van der Waals surface area contributed by atoms with Crippen LogP contribution in [0.3, 0.4) is 0 Å². The van der Waals surface area contributed by atoms with E-state index >= 15 is 0 Å². The molecule has 1 fully saturated rings. The van der Waals surface area contributed by atoms with Gasteiger partial charge in [0.1, 0.15) is 6.10 Å². The lowest BCUT2D eigenvalue weighted by atomic mass is 9.76. The van der Waals surface area contributed by atoms with Crippen molar-refractivity contribution < 1.29 is 17.9 Å². The molecular formula is C22H29F3O. The number of benzene rings is 1. The first kappa shape index (κ1) is 19.3. The van der Waals surface area contributed by atoms with Gasteiger partial charge in [-0.25, -0.2) is 13.2 Å². The monoisotopic (exact) mass is 366 g/mol. The van der Waals surface area contributed by atoms with Crippen LogP contribution < -0.4 is 0 Å². The summed E-state index contributed by atoms with van der Waals surface area (Å²) in [6.07, 6.45) is 13.1. The molecule has 0 amide bonds. The van der Waals surface area contributed by atoms with Crippen LogP contribution in [0.2, 0.25) is 0 Å². The van der Waals surface area contributed by atoms with Crippen molar-refractivity contribution in [2.24, 2.45) is 11.8 Å². The SMILES string of the molecule is CCCC1=COC(C2CCC(CCc3cc(F)c(F)c(F)c3)CC2)CC1. The Morgan fingerprint density at radius 3 is 2.23 bits per heavy atom. The highest BCUT2D eigenvalue weighted by atomic mass is 19.2. The zero-order valence-corrected chi connectivity index (χ0v) is 15.6. The predicted octanol–water partition coefficient (Wildman–Crippen LogP) is 6.71. The number of hydrogen-bond acceptors (Lipinski definition) is 1. The zero-order valence-electron chi connectivity index (χ0n) is 15.6.